The standard InChI is InChI=1S/C16H17ClN2O2/c1-3-6-19(10-15(20)21)9-13-8-12-5-4-11(2)7-14(12)18-16(13)17/h3-5,7-8H,1,6,9-10H2,2H3,(H,20,21). The molecular formula is C16H17ClN2O2. The van der Waals surface area contributed by atoms with Gasteiger partial charge in [0.25, 0.3) is 0 Å². The summed E-state index contributed by atoms with van der Waals surface area (Å²) in [6.07, 6.45) is 1.68. The Morgan fingerprint density at radius 3 is 2.90 bits per heavy atom. The van der Waals surface area contributed by atoms with E-state index in [1.54, 1.807) is 11.0 Å². The van der Waals surface area contributed by atoms with Crippen molar-refractivity contribution in [3.8, 4) is 0 Å². The molecule has 0 unspecified atom stereocenters. The average molecular weight is 305 g/mol. The van der Waals surface area contributed by atoms with Crippen LogP contribution in [0.5, 0.6) is 0 Å². The van der Waals surface area contributed by atoms with Crippen LogP contribution in [-0.4, -0.2) is 34.0 Å². The molecule has 0 amide bonds. The molecule has 0 aliphatic rings. The van der Waals surface area contributed by atoms with Gasteiger partial charge >= 0.3 is 5.97 Å². The van der Waals surface area contributed by atoms with Gasteiger partial charge in [-0.2, -0.15) is 0 Å². The largest absolute Gasteiger partial charge is 0.480 e. The first kappa shape index (κ1) is 15.5. The highest BCUT2D eigenvalue weighted by Crippen LogP contribution is 2.22. The maximum atomic E-state index is 10.9. The lowest BCUT2D eigenvalue weighted by Gasteiger charge is -2.19. The molecule has 1 aromatic heterocycles. The number of aromatic nitrogens is 1. The van der Waals surface area contributed by atoms with E-state index in [1.807, 2.05) is 31.2 Å². The van der Waals surface area contributed by atoms with E-state index in [-0.39, 0.29) is 6.54 Å². The van der Waals surface area contributed by atoms with Gasteiger partial charge in [0, 0.05) is 24.0 Å². The minimum absolute atomic E-state index is 0.0612. The predicted octanol–water partition coefficient (Wildman–Crippen LogP) is 3.27. The summed E-state index contributed by atoms with van der Waals surface area (Å²) in [4.78, 5) is 17.0. The topological polar surface area (TPSA) is 53.4 Å². The summed E-state index contributed by atoms with van der Waals surface area (Å²) in [6, 6.07) is 7.94. The van der Waals surface area contributed by atoms with Crippen LogP contribution >= 0.6 is 11.6 Å². The van der Waals surface area contributed by atoms with E-state index in [0.29, 0.717) is 18.2 Å². The number of carbonyl (C=O) groups is 1. The van der Waals surface area contributed by atoms with Crippen LogP contribution in [0.3, 0.4) is 0 Å². The van der Waals surface area contributed by atoms with Crippen molar-refractivity contribution in [3.05, 3.63) is 53.2 Å². The van der Waals surface area contributed by atoms with Crippen LogP contribution in [0.4, 0.5) is 0 Å². The second kappa shape index (κ2) is 6.70. The molecule has 0 atom stereocenters. The zero-order valence-corrected chi connectivity index (χ0v) is 12.6. The highest BCUT2D eigenvalue weighted by atomic mass is 35.5. The van der Waals surface area contributed by atoms with Crippen molar-refractivity contribution < 1.29 is 9.90 Å². The number of aliphatic carboxylic acids is 1. The van der Waals surface area contributed by atoms with Crippen molar-refractivity contribution in [3.63, 3.8) is 0 Å². The predicted molar refractivity (Wildman–Crippen MR) is 84.6 cm³/mol. The number of rotatable bonds is 6. The Bertz CT molecular complexity index is 685. The van der Waals surface area contributed by atoms with Gasteiger partial charge in [0.2, 0.25) is 0 Å². The fraction of sp³-hybridized carbons (Fsp3) is 0.250. The van der Waals surface area contributed by atoms with Crippen LogP contribution in [0, 0.1) is 6.92 Å². The molecule has 1 aromatic carbocycles. The second-order valence-corrected chi connectivity index (χ2v) is 5.34. The van der Waals surface area contributed by atoms with Gasteiger partial charge in [-0.15, -0.1) is 6.58 Å². The van der Waals surface area contributed by atoms with Crippen LogP contribution in [-0.2, 0) is 11.3 Å². The van der Waals surface area contributed by atoms with E-state index in [0.717, 1.165) is 22.0 Å². The Balaban J connectivity index is 2.31. The van der Waals surface area contributed by atoms with Crippen molar-refractivity contribution in [2.24, 2.45) is 0 Å². The monoisotopic (exact) mass is 304 g/mol. The summed E-state index contributed by atoms with van der Waals surface area (Å²) in [5.74, 6) is -0.877. The molecule has 5 heteroatoms. The molecule has 1 N–H and O–H groups in total. The van der Waals surface area contributed by atoms with Crippen LogP contribution in [0.25, 0.3) is 10.9 Å². The highest BCUT2D eigenvalue weighted by molar-refractivity contribution is 6.30. The second-order valence-electron chi connectivity index (χ2n) is 4.99. The fourth-order valence-corrected chi connectivity index (χ4v) is 2.41. The van der Waals surface area contributed by atoms with E-state index in [2.05, 4.69) is 11.6 Å². The number of nitrogens with zero attached hydrogens (tertiary/aromatic N) is 2. The van der Waals surface area contributed by atoms with Crippen LogP contribution < -0.4 is 0 Å². The van der Waals surface area contributed by atoms with Gasteiger partial charge in [-0.1, -0.05) is 29.8 Å². The number of pyridine rings is 1. The first-order valence-electron chi connectivity index (χ1n) is 6.60. The minimum atomic E-state index is -0.877. The lowest BCUT2D eigenvalue weighted by molar-refractivity contribution is -0.138. The number of hydrogen-bond acceptors (Lipinski definition) is 3. The molecule has 2 rings (SSSR count). The van der Waals surface area contributed by atoms with Crippen LogP contribution in [0.1, 0.15) is 11.1 Å². The van der Waals surface area contributed by atoms with Crippen molar-refractivity contribution in [1.29, 1.82) is 0 Å². The molecular weight excluding hydrogens is 288 g/mol. The number of carboxylic acids is 1. The molecule has 0 spiro atoms. The summed E-state index contributed by atoms with van der Waals surface area (Å²) in [5.41, 5.74) is 2.78. The van der Waals surface area contributed by atoms with E-state index in [9.17, 15) is 4.79 Å². The normalized spacial score (nSPS) is 11.0. The first-order valence-corrected chi connectivity index (χ1v) is 6.98. The van der Waals surface area contributed by atoms with E-state index < -0.39 is 5.97 Å². The molecule has 0 radical (unpaired) electrons. The number of benzene rings is 1. The zero-order chi connectivity index (χ0) is 15.4. The summed E-state index contributed by atoms with van der Waals surface area (Å²) >= 11 is 6.23. The fourth-order valence-electron chi connectivity index (χ4n) is 2.21. The number of aryl methyl sites for hydroxylation is 1. The number of hydrogen-bond donors (Lipinski definition) is 1. The molecule has 110 valence electrons. The first-order chi connectivity index (χ1) is 9.99. The molecule has 4 nitrogen and oxygen atoms in total. The van der Waals surface area contributed by atoms with E-state index >= 15 is 0 Å². The van der Waals surface area contributed by atoms with E-state index in [4.69, 9.17) is 16.7 Å². The Hall–Kier alpha value is -1.91. The lowest BCUT2D eigenvalue weighted by Crippen LogP contribution is -2.29. The SMILES string of the molecule is C=CCN(CC(=O)O)Cc1cc2ccc(C)cc2nc1Cl. The van der Waals surface area contributed by atoms with Crippen LogP contribution in [0.2, 0.25) is 5.15 Å². The van der Waals surface area contributed by atoms with E-state index in [1.165, 1.54) is 0 Å². The maximum Gasteiger partial charge on any atom is 0.317 e. The Kier molecular flexibility index (Phi) is 4.94. The van der Waals surface area contributed by atoms with Gasteiger partial charge in [-0.3, -0.25) is 9.69 Å². The van der Waals surface area contributed by atoms with Gasteiger partial charge < -0.3 is 5.11 Å². The van der Waals surface area contributed by atoms with Gasteiger partial charge in [0.05, 0.1) is 12.1 Å². The third kappa shape index (κ3) is 4.03. The highest BCUT2D eigenvalue weighted by Gasteiger charge is 2.12. The minimum Gasteiger partial charge on any atom is -0.480 e. The van der Waals surface area contributed by atoms with Crippen molar-refractivity contribution >= 4 is 28.5 Å². The number of halogens is 1. The summed E-state index contributed by atoms with van der Waals surface area (Å²) in [5, 5.41) is 10.3. The molecule has 0 aliphatic carbocycles. The lowest BCUT2D eigenvalue weighted by atomic mass is 10.1. The van der Waals surface area contributed by atoms with Gasteiger partial charge in [-0.05, 0) is 24.6 Å². The molecule has 0 saturated carbocycles. The molecule has 0 bridgehead atoms. The third-order valence-corrected chi connectivity index (χ3v) is 3.47. The van der Waals surface area contributed by atoms with Gasteiger partial charge in [0.1, 0.15) is 5.15 Å². The average Bonchev–Trinajstić information content (AvgIpc) is 2.39. The zero-order valence-electron chi connectivity index (χ0n) is 11.8. The molecule has 2 aromatic rings. The number of carboxylic acid groups (broad SMARTS) is 1. The maximum absolute atomic E-state index is 10.9. The summed E-state index contributed by atoms with van der Waals surface area (Å²) < 4.78 is 0. The van der Waals surface area contributed by atoms with Crippen LogP contribution in [0.15, 0.2) is 36.9 Å². The quantitative estimate of drug-likeness (QED) is 0.657. The molecule has 21 heavy (non-hydrogen) atoms. The van der Waals surface area contributed by atoms with Crippen molar-refractivity contribution in [2.75, 3.05) is 13.1 Å². The smallest absolute Gasteiger partial charge is 0.317 e. The molecule has 0 aliphatic heterocycles. The molecule has 0 fully saturated rings. The summed E-state index contributed by atoms with van der Waals surface area (Å²) in [6.45, 7) is 6.49. The Morgan fingerprint density at radius 1 is 1.48 bits per heavy atom. The van der Waals surface area contributed by atoms with Crippen molar-refractivity contribution in [1.82, 2.24) is 9.88 Å². The Morgan fingerprint density at radius 2 is 2.24 bits per heavy atom. The van der Waals surface area contributed by atoms with Crippen molar-refractivity contribution in [2.45, 2.75) is 13.5 Å². The van der Waals surface area contributed by atoms with Gasteiger partial charge in [-0.25, -0.2) is 4.98 Å². The van der Waals surface area contributed by atoms with Gasteiger partial charge in [0.15, 0.2) is 0 Å². The third-order valence-electron chi connectivity index (χ3n) is 3.14. The molecule has 1 heterocycles. The summed E-state index contributed by atoms with van der Waals surface area (Å²) in [7, 11) is 0. The Labute approximate surface area is 128 Å². The number of fused-ring (bicyclic) bond motifs is 1. The molecule has 0 saturated heterocycles.